The molecule has 0 bridgehead atoms. The van der Waals surface area contributed by atoms with Gasteiger partial charge in [0.15, 0.2) is 11.5 Å². The van der Waals surface area contributed by atoms with Gasteiger partial charge in [-0.15, -0.1) is 12.4 Å². The minimum Gasteiger partial charge on any atom is -0.454 e. The van der Waals surface area contributed by atoms with E-state index in [1.54, 1.807) is 0 Å². The second-order valence-electron chi connectivity index (χ2n) is 4.37. The van der Waals surface area contributed by atoms with Gasteiger partial charge in [-0.05, 0) is 18.4 Å². The van der Waals surface area contributed by atoms with Gasteiger partial charge in [0.05, 0.1) is 0 Å². The number of nitrogens with two attached hydrogens (primary N) is 1. The molecule has 3 rings (SSSR count). The Morgan fingerprint density at radius 3 is 2.88 bits per heavy atom. The van der Waals surface area contributed by atoms with Crippen LogP contribution in [0.1, 0.15) is 30.9 Å². The lowest BCUT2D eigenvalue weighted by molar-refractivity contribution is 0.173. The number of ether oxygens (including phenoxy) is 2. The number of para-hydroxylation sites is 1. The van der Waals surface area contributed by atoms with Crippen LogP contribution in [0.2, 0.25) is 0 Å². The highest BCUT2D eigenvalue weighted by Gasteiger charge is 2.27. The van der Waals surface area contributed by atoms with Crippen molar-refractivity contribution < 1.29 is 9.47 Å². The summed E-state index contributed by atoms with van der Waals surface area (Å²) in [6, 6.07) is 6.04. The Kier molecular flexibility index (Phi) is 3.26. The van der Waals surface area contributed by atoms with Crippen molar-refractivity contribution in [2.45, 2.75) is 25.3 Å². The molecule has 0 aromatic heterocycles. The van der Waals surface area contributed by atoms with Crippen LogP contribution in [0, 0.1) is 5.92 Å². The van der Waals surface area contributed by atoms with Gasteiger partial charge in [-0.1, -0.05) is 25.0 Å². The van der Waals surface area contributed by atoms with E-state index in [-0.39, 0.29) is 18.4 Å². The van der Waals surface area contributed by atoms with Crippen LogP contribution in [0.5, 0.6) is 11.5 Å². The van der Waals surface area contributed by atoms with Crippen molar-refractivity contribution in [1.82, 2.24) is 0 Å². The minimum atomic E-state index is 0. The molecule has 0 radical (unpaired) electrons. The molecule has 1 atom stereocenters. The van der Waals surface area contributed by atoms with Crippen LogP contribution in [0.25, 0.3) is 0 Å². The lowest BCUT2D eigenvalue weighted by Crippen LogP contribution is -2.11. The average molecular weight is 242 g/mol. The van der Waals surface area contributed by atoms with Crippen LogP contribution >= 0.6 is 12.4 Å². The third-order valence-corrected chi connectivity index (χ3v) is 3.11. The zero-order valence-corrected chi connectivity index (χ0v) is 9.83. The fraction of sp³-hybridized carbons (Fsp3) is 0.500. The SMILES string of the molecule is Cl.N[C@H](CC1CC1)c1cccc2c1OCO2. The normalized spacial score (nSPS) is 19.1. The maximum absolute atomic E-state index is 6.17. The molecule has 1 aliphatic carbocycles. The van der Waals surface area contributed by atoms with E-state index in [9.17, 15) is 0 Å². The minimum absolute atomic E-state index is 0. The van der Waals surface area contributed by atoms with Crippen molar-refractivity contribution in [2.24, 2.45) is 11.7 Å². The molecule has 16 heavy (non-hydrogen) atoms. The molecule has 0 amide bonds. The molecule has 88 valence electrons. The first-order chi connectivity index (χ1) is 7.34. The van der Waals surface area contributed by atoms with Gasteiger partial charge in [0.2, 0.25) is 6.79 Å². The predicted octanol–water partition coefficient (Wildman–Crippen LogP) is 2.64. The monoisotopic (exact) mass is 241 g/mol. The van der Waals surface area contributed by atoms with Gasteiger partial charge in [0, 0.05) is 11.6 Å². The van der Waals surface area contributed by atoms with Crippen molar-refractivity contribution in [1.29, 1.82) is 0 Å². The Balaban J connectivity index is 0.000000963. The summed E-state index contributed by atoms with van der Waals surface area (Å²) in [6.45, 7) is 0.322. The average Bonchev–Trinajstić information content (AvgIpc) is 2.93. The molecule has 2 aliphatic rings. The van der Waals surface area contributed by atoms with E-state index in [0.717, 1.165) is 29.4 Å². The third-order valence-electron chi connectivity index (χ3n) is 3.11. The molecule has 1 aromatic carbocycles. The molecular formula is C12H16ClNO2. The zero-order chi connectivity index (χ0) is 10.3. The first kappa shape index (κ1) is 11.6. The molecule has 1 aliphatic heterocycles. The van der Waals surface area contributed by atoms with E-state index in [2.05, 4.69) is 0 Å². The number of halogens is 1. The van der Waals surface area contributed by atoms with Crippen LogP contribution in [0.3, 0.4) is 0 Å². The Hall–Kier alpha value is -0.930. The summed E-state index contributed by atoms with van der Waals surface area (Å²) in [6.07, 6.45) is 3.74. The first-order valence-corrected chi connectivity index (χ1v) is 5.48. The van der Waals surface area contributed by atoms with Crippen LogP contribution in [-0.2, 0) is 0 Å². The van der Waals surface area contributed by atoms with E-state index < -0.39 is 0 Å². The predicted molar refractivity (Wildman–Crippen MR) is 64.1 cm³/mol. The largest absolute Gasteiger partial charge is 0.454 e. The molecule has 3 nitrogen and oxygen atoms in total. The highest BCUT2D eigenvalue weighted by Crippen LogP contribution is 2.42. The molecule has 0 saturated heterocycles. The van der Waals surface area contributed by atoms with Crippen molar-refractivity contribution in [2.75, 3.05) is 6.79 Å². The first-order valence-electron chi connectivity index (χ1n) is 5.48. The smallest absolute Gasteiger partial charge is 0.231 e. The highest BCUT2D eigenvalue weighted by atomic mass is 35.5. The second-order valence-corrected chi connectivity index (χ2v) is 4.37. The molecule has 2 N–H and O–H groups in total. The number of fused-ring (bicyclic) bond motifs is 1. The summed E-state index contributed by atoms with van der Waals surface area (Å²) in [5.74, 6) is 2.52. The molecule has 1 saturated carbocycles. The van der Waals surface area contributed by atoms with E-state index in [1.807, 2.05) is 18.2 Å². The van der Waals surface area contributed by atoms with Gasteiger partial charge in [0.25, 0.3) is 0 Å². The van der Waals surface area contributed by atoms with Gasteiger partial charge in [-0.3, -0.25) is 0 Å². The van der Waals surface area contributed by atoms with Gasteiger partial charge < -0.3 is 15.2 Å². The number of hydrogen-bond acceptors (Lipinski definition) is 3. The molecule has 4 heteroatoms. The lowest BCUT2D eigenvalue weighted by atomic mass is 10.0. The number of rotatable bonds is 3. The summed E-state index contributed by atoms with van der Waals surface area (Å²) in [7, 11) is 0. The van der Waals surface area contributed by atoms with E-state index in [4.69, 9.17) is 15.2 Å². The highest BCUT2D eigenvalue weighted by molar-refractivity contribution is 5.85. The van der Waals surface area contributed by atoms with Crippen molar-refractivity contribution in [3.8, 4) is 11.5 Å². The summed E-state index contributed by atoms with van der Waals surface area (Å²) >= 11 is 0. The van der Waals surface area contributed by atoms with Crippen LogP contribution in [0.4, 0.5) is 0 Å². The molecule has 1 heterocycles. The van der Waals surface area contributed by atoms with Crippen molar-refractivity contribution >= 4 is 12.4 Å². The molecule has 0 spiro atoms. The Morgan fingerprint density at radius 2 is 2.12 bits per heavy atom. The summed E-state index contributed by atoms with van der Waals surface area (Å²) in [4.78, 5) is 0. The summed E-state index contributed by atoms with van der Waals surface area (Å²) < 4.78 is 10.8. The van der Waals surface area contributed by atoms with Crippen molar-refractivity contribution in [3.63, 3.8) is 0 Å². The van der Waals surface area contributed by atoms with E-state index >= 15 is 0 Å². The van der Waals surface area contributed by atoms with Crippen LogP contribution in [-0.4, -0.2) is 6.79 Å². The van der Waals surface area contributed by atoms with Gasteiger partial charge in [0.1, 0.15) is 0 Å². The molecule has 1 fully saturated rings. The topological polar surface area (TPSA) is 44.5 Å². The second kappa shape index (κ2) is 4.52. The molecular weight excluding hydrogens is 226 g/mol. The van der Waals surface area contributed by atoms with Gasteiger partial charge >= 0.3 is 0 Å². The standard InChI is InChI=1S/C12H15NO2.ClH/c13-10(6-8-4-5-8)9-2-1-3-11-12(9)15-7-14-11;/h1-3,8,10H,4-7,13H2;1H/t10-;/m1./s1. The van der Waals surface area contributed by atoms with Crippen molar-refractivity contribution in [3.05, 3.63) is 23.8 Å². The third kappa shape index (κ3) is 2.11. The fourth-order valence-corrected chi connectivity index (χ4v) is 2.08. The Labute approximate surface area is 101 Å². The van der Waals surface area contributed by atoms with Crippen LogP contribution in [0.15, 0.2) is 18.2 Å². The number of benzene rings is 1. The quantitative estimate of drug-likeness (QED) is 0.885. The number of hydrogen-bond donors (Lipinski definition) is 1. The van der Waals surface area contributed by atoms with E-state index in [0.29, 0.717) is 6.79 Å². The fourth-order valence-electron chi connectivity index (χ4n) is 2.08. The summed E-state index contributed by atoms with van der Waals surface area (Å²) in [5, 5.41) is 0. The van der Waals surface area contributed by atoms with Gasteiger partial charge in [-0.25, -0.2) is 0 Å². The summed E-state index contributed by atoms with van der Waals surface area (Å²) in [5.41, 5.74) is 7.27. The maximum atomic E-state index is 6.17. The zero-order valence-electron chi connectivity index (χ0n) is 9.02. The molecule has 1 aromatic rings. The lowest BCUT2D eigenvalue weighted by Gasteiger charge is -2.13. The Morgan fingerprint density at radius 1 is 1.31 bits per heavy atom. The maximum Gasteiger partial charge on any atom is 0.231 e. The van der Waals surface area contributed by atoms with E-state index in [1.165, 1.54) is 12.8 Å². The molecule has 0 unspecified atom stereocenters. The van der Waals surface area contributed by atoms with Gasteiger partial charge in [-0.2, -0.15) is 0 Å². The van der Waals surface area contributed by atoms with Crippen LogP contribution < -0.4 is 15.2 Å². The Bertz CT molecular complexity index is 379.